The van der Waals surface area contributed by atoms with Gasteiger partial charge in [0.25, 0.3) is 5.91 Å². The molecule has 1 aliphatic heterocycles. The zero-order valence-electron chi connectivity index (χ0n) is 18.4. The molecule has 1 aliphatic rings. The van der Waals surface area contributed by atoms with E-state index in [1.807, 2.05) is 35.2 Å². The van der Waals surface area contributed by atoms with Crippen molar-refractivity contribution in [2.75, 3.05) is 41.9 Å². The Morgan fingerprint density at radius 2 is 1.88 bits per heavy atom. The van der Waals surface area contributed by atoms with Crippen molar-refractivity contribution in [3.8, 4) is 0 Å². The average Bonchev–Trinajstić information content (AvgIpc) is 2.87. The van der Waals surface area contributed by atoms with Gasteiger partial charge < -0.3 is 15.0 Å². The standard InChI is InChI=1S/C22H27N9O2/c1-2-10-24-18-15-33-14-13-31(18)22-27-20(25-17-6-4-3-5-7-17)26-21(28-22)30-29-19(32)16-8-11-23-12-9-16/h3-9,11-12,18,24H,2,10,13-15H2,1H3,(H,29,32)(H2,25,26,27,28,30). The maximum Gasteiger partial charge on any atom is 0.269 e. The number of rotatable bonds is 9. The van der Waals surface area contributed by atoms with Gasteiger partial charge in [-0.1, -0.05) is 25.1 Å². The molecule has 4 N–H and O–H groups in total. The quantitative estimate of drug-likeness (QED) is 0.360. The fourth-order valence-corrected chi connectivity index (χ4v) is 3.27. The number of para-hydroxylation sites is 1. The van der Waals surface area contributed by atoms with Crippen molar-refractivity contribution >= 4 is 29.4 Å². The Kier molecular flexibility index (Phi) is 7.56. The molecule has 33 heavy (non-hydrogen) atoms. The van der Waals surface area contributed by atoms with Crippen LogP contribution in [0.4, 0.5) is 23.5 Å². The molecule has 1 fully saturated rings. The number of morpholine rings is 1. The highest BCUT2D eigenvalue weighted by Crippen LogP contribution is 2.20. The number of anilines is 4. The highest BCUT2D eigenvalue weighted by atomic mass is 16.5. The summed E-state index contributed by atoms with van der Waals surface area (Å²) in [5.74, 6) is 0.709. The van der Waals surface area contributed by atoms with Gasteiger partial charge in [-0.3, -0.25) is 25.9 Å². The molecular weight excluding hydrogens is 422 g/mol. The van der Waals surface area contributed by atoms with E-state index in [0.29, 0.717) is 37.2 Å². The lowest BCUT2D eigenvalue weighted by molar-refractivity contribution is 0.0832. The summed E-state index contributed by atoms with van der Waals surface area (Å²) >= 11 is 0. The number of amides is 1. The van der Waals surface area contributed by atoms with E-state index in [1.54, 1.807) is 24.5 Å². The Hall–Kier alpha value is -3.83. The number of benzene rings is 1. The van der Waals surface area contributed by atoms with Gasteiger partial charge in [-0.25, -0.2) is 0 Å². The van der Waals surface area contributed by atoms with E-state index < -0.39 is 0 Å². The third-order valence-corrected chi connectivity index (χ3v) is 4.90. The maximum absolute atomic E-state index is 12.4. The summed E-state index contributed by atoms with van der Waals surface area (Å²) in [7, 11) is 0. The van der Waals surface area contributed by atoms with Crippen LogP contribution in [-0.2, 0) is 4.74 Å². The molecule has 0 saturated carbocycles. The first-order chi connectivity index (χ1) is 16.2. The summed E-state index contributed by atoms with van der Waals surface area (Å²) in [6.07, 6.45) is 4.04. The molecule has 0 radical (unpaired) electrons. The third-order valence-electron chi connectivity index (χ3n) is 4.90. The Balaban J connectivity index is 1.58. The fraction of sp³-hybridized carbons (Fsp3) is 0.318. The highest BCUT2D eigenvalue weighted by molar-refractivity contribution is 5.94. The largest absolute Gasteiger partial charge is 0.376 e. The first kappa shape index (κ1) is 22.4. The minimum Gasteiger partial charge on any atom is -0.376 e. The van der Waals surface area contributed by atoms with Crippen LogP contribution in [0, 0.1) is 0 Å². The molecule has 0 aliphatic carbocycles. The number of nitrogens with zero attached hydrogens (tertiary/aromatic N) is 5. The van der Waals surface area contributed by atoms with E-state index in [-0.39, 0.29) is 18.0 Å². The Morgan fingerprint density at radius 3 is 2.67 bits per heavy atom. The van der Waals surface area contributed by atoms with Gasteiger partial charge in [0.2, 0.25) is 17.8 Å². The van der Waals surface area contributed by atoms with Crippen LogP contribution in [0.2, 0.25) is 0 Å². The lowest BCUT2D eigenvalue weighted by Gasteiger charge is -2.36. The molecule has 1 aromatic carbocycles. The number of hydrazine groups is 1. The normalized spacial score (nSPS) is 15.7. The van der Waals surface area contributed by atoms with Gasteiger partial charge in [0, 0.05) is 30.2 Å². The van der Waals surface area contributed by atoms with Gasteiger partial charge in [0.05, 0.1) is 13.2 Å². The SMILES string of the molecule is CCCNC1COCCN1c1nc(NNC(=O)c2ccncc2)nc(Nc2ccccc2)n1. The van der Waals surface area contributed by atoms with Crippen LogP contribution in [0.5, 0.6) is 0 Å². The highest BCUT2D eigenvalue weighted by Gasteiger charge is 2.26. The van der Waals surface area contributed by atoms with Crippen LogP contribution in [0.3, 0.4) is 0 Å². The number of pyridine rings is 1. The second-order valence-corrected chi connectivity index (χ2v) is 7.33. The van der Waals surface area contributed by atoms with Crippen LogP contribution in [0.25, 0.3) is 0 Å². The topological polar surface area (TPSA) is 129 Å². The molecule has 0 spiro atoms. The zero-order valence-corrected chi connectivity index (χ0v) is 18.4. The smallest absolute Gasteiger partial charge is 0.269 e. The first-order valence-electron chi connectivity index (χ1n) is 10.8. The molecule has 0 bridgehead atoms. The molecular formula is C22H27N9O2. The predicted octanol–water partition coefficient (Wildman–Crippen LogP) is 1.93. The maximum atomic E-state index is 12.4. The van der Waals surface area contributed by atoms with Gasteiger partial charge in [-0.2, -0.15) is 15.0 Å². The number of ether oxygens (including phenoxy) is 1. The average molecular weight is 450 g/mol. The van der Waals surface area contributed by atoms with Crippen LogP contribution in [0.1, 0.15) is 23.7 Å². The van der Waals surface area contributed by atoms with Crippen molar-refractivity contribution in [2.45, 2.75) is 19.5 Å². The molecule has 11 heteroatoms. The minimum atomic E-state index is -0.328. The van der Waals surface area contributed by atoms with Gasteiger partial charge in [-0.05, 0) is 37.2 Å². The molecule has 4 rings (SSSR count). The molecule has 1 amide bonds. The number of carbonyl (C=O) groups is 1. The van der Waals surface area contributed by atoms with E-state index in [4.69, 9.17) is 4.74 Å². The summed E-state index contributed by atoms with van der Waals surface area (Å²) in [5, 5.41) is 6.66. The van der Waals surface area contributed by atoms with Crippen molar-refractivity contribution in [1.29, 1.82) is 0 Å². The first-order valence-corrected chi connectivity index (χ1v) is 10.8. The Morgan fingerprint density at radius 1 is 1.09 bits per heavy atom. The van der Waals surface area contributed by atoms with Crippen molar-refractivity contribution < 1.29 is 9.53 Å². The summed E-state index contributed by atoms with van der Waals surface area (Å²) in [6.45, 7) is 4.67. The number of hydrogen-bond donors (Lipinski definition) is 4. The van der Waals surface area contributed by atoms with Gasteiger partial charge in [0.1, 0.15) is 6.17 Å². The summed E-state index contributed by atoms with van der Waals surface area (Å²) < 4.78 is 5.65. The van der Waals surface area contributed by atoms with Crippen LogP contribution in [0.15, 0.2) is 54.9 Å². The predicted molar refractivity (Wildman–Crippen MR) is 125 cm³/mol. The fourth-order valence-electron chi connectivity index (χ4n) is 3.27. The van der Waals surface area contributed by atoms with E-state index in [0.717, 1.165) is 18.7 Å². The second-order valence-electron chi connectivity index (χ2n) is 7.33. The molecule has 2 aromatic heterocycles. The van der Waals surface area contributed by atoms with E-state index in [1.165, 1.54) is 0 Å². The van der Waals surface area contributed by atoms with Crippen molar-refractivity contribution in [3.63, 3.8) is 0 Å². The Bertz CT molecular complexity index is 1040. The van der Waals surface area contributed by atoms with Gasteiger partial charge in [0.15, 0.2) is 0 Å². The monoisotopic (exact) mass is 449 g/mol. The zero-order chi connectivity index (χ0) is 22.9. The van der Waals surface area contributed by atoms with E-state index in [9.17, 15) is 4.79 Å². The van der Waals surface area contributed by atoms with Gasteiger partial charge >= 0.3 is 0 Å². The summed E-state index contributed by atoms with van der Waals surface area (Å²) in [5.41, 5.74) is 6.73. The molecule has 1 atom stereocenters. The lowest BCUT2D eigenvalue weighted by Crippen LogP contribution is -2.54. The van der Waals surface area contributed by atoms with E-state index >= 15 is 0 Å². The van der Waals surface area contributed by atoms with Gasteiger partial charge in [-0.15, -0.1) is 0 Å². The minimum absolute atomic E-state index is 0.0649. The van der Waals surface area contributed by atoms with Crippen LogP contribution >= 0.6 is 0 Å². The number of hydrogen-bond acceptors (Lipinski definition) is 10. The molecule has 11 nitrogen and oxygen atoms in total. The molecule has 1 saturated heterocycles. The number of carbonyl (C=O) groups excluding carboxylic acids is 1. The van der Waals surface area contributed by atoms with Crippen LogP contribution < -0.4 is 26.4 Å². The van der Waals surface area contributed by atoms with Crippen LogP contribution in [-0.4, -0.2) is 58.3 Å². The van der Waals surface area contributed by atoms with Crippen molar-refractivity contribution in [3.05, 3.63) is 60.4 Å². The number of aromatic nitrogens is 4. The number of nitrogens with one attached hydrogen (secondary N) is 4. The molecule has 172 valence electrons. The van der Waals surface area contributed by atoms with E-state index in [2.05, 4.69) is 48.3 Å². The summed E-state index contributed by atoms with van der Waals surface area (Å²) in [4.78, 5) is 32.0. The summed E-state index contributed by atoms with van der Waals surface area (Å²) in [6, 6.07) is 12.9. The molecule has 3 heterocycles. The Labute approximate surface area is 192 Å². The van der Waals surface area contributed by atoms with Crippen molar-refractivity contribution in [1.82, 2.24) is 30.7 Å². The molecule has 1 unspecified atom stereocenters. The lowest BCUT2D eigenvalue weighted by atomic mass is 10.3. The second kappa shape index (κ2) is 11.2. The molecule has 3 aromatic rings. The third kappa shape index (κ3) is 6.11. The van der Waals surface area contributed by atoms with Crippen molar-refractivity contribution in [2.24, 2.45) is 0 Å².